The highest BCUT2D eigenvalue weighted by molar-refractivity contribution is 5.86. The second kappa shape index (κ2) is 11.2. The molecule has 4 nitrogen and oxygen atoms in total. The number of likely N-dealkylation sites (N-methyl/N-ethyl adjacent to an activating group) is 1. The molecule has 106 valence electrons. The molecule has 0 saturated carbocycles. The molecule has 1 atom stereocenters. The topological polar surface area (TPSA) is 55.4 Å². The van der Waals surface area contributed by atoms with E-state index >= 15 is 0 Å². The van der Waals surface area contributed by atoms with Crippen LogP contribution < -0.4 is 5.32 Å². The lowest BCUT2D eigenvalue weighted by Crippen LogP contribution is -2.37. The Morgan fingerprint density at radius 1 is 1.11 bits per heavy atom. The quantitative estimate of drug-likeness (QED) is 0.456. The zero-order chi connectivity index (χ0) is 13.8. The number of rotatable bonds is 11. The molecule has 18 heavy (non-hydrogen) atoms. The summed E-state index contributed by atoms with van der Waals surface area (Å²) in [6.45, 7) is 6.72. The van der Waals surface area contributed by atoms with Gasteiger partial charge in [0.2, 0.25) is 0 Å². The number of nitrogens with one attached hydrogen (secondary N) is 1. The van der Waals surface area contributed by atoms with E-state index in [0.29, 0.717) is 13.2 Å². The van der Waals surface area contributed by atoms with Crippen LogP contribution in [0.3, 0.4) is 0 Å². The van der Waals surface area contributed by atoms with Gasteiger partial charge in [-0.05, 0) is 19.9 Å². The Morgan fingerprint density at radius 3 is 2.33 bits per heavy atom. The van der Waals surface area contributed by atoms with Gasteiger partial charge < -0.3 is 10.1 Å². The van der Waals surface area contributed by atoms with Gasteiger partial charge in [-0.2, -0.15) is 0 Å². The predicted molar refractivity (Wildman–Crippen MR) is 72.5 cm³/mol. The summed E-state index contributed by atoms with van der Waals surface area (Å²) < 4.78 is 5.12. The van der Waals surface area contributed by atoms with Crippen molar-refractivity contribution in [3.05, 3.63) is 0 Å². The Kier molecular flexibility index (Phi) is 10.6. The van der Waals surface area contributed by atoms with Crippen molar-refractivity contribution in [2.45, 2.75) is 65.3 Å². The number of esters is 1. The van der Waals surface area contributed by atoms with Gasteiger partial charge in [-0.3, -0.25) is 9.59 Å². The smallest absolute Gasteiger partial charge is 0.307 e. The second-order valence-electron chi connectivity index (χ2n) is 4.56. The predicted octanol–water partition coefficient (Wildman–Crippen LogP) is 2.46. The van der Waals surface area contributed by atoms with E-state index in [1.807, 2.05) is 6.92 Å². The molecule has 0 bridgehead atoms. The first-order chi connectivity index (χ1) is 8.61. The van der Waals surface area contributed by atoms with Crippen molar-refractivity contribution in [3.63, 3.8) is 0 Å². The van der Waals surface area contributed by atoms with Crippen LogP contribution >= 0.6 is 0 Å². The molecule has 0 spiro atoms. The van der Waals surface area contributed by atoms with Crippen LogP contribution in [0.1, 0.15) is 59.3 Å². The van der Waals surface area contributed by atoms with E-state index in [1.54, 1.807) is 0 Å². The molecule has 0 aliphatic rings. The molecule has 0 heterocycles. The van der Waals surface area contributed by atoms with Crippen molar-refractivity contribution in [3.8, 4) is 0 Å². The third kappa shape index (κ3) is 9.16. The maximum absolute atomic E-state index is 11.5. The maximum atomic E-state index is 11.5. The minimum absolute atomic E-state index is 0.0169. The van der Waals surface area contributed by atoms with Crippen LogP contribution in [0.5, 0.6) is 0 Å². The van der Waals surface area contributed by atoms with Crippen LogP contribution in [-0.4, -0.2) is 30.9 Å². The highest BCUT2D eigenvalue weighted by atomic mass is 16.5. The standard InChI is InChI=1S/C14H27NO3/c1-4-6-7-8-9-10-18-14(17)11-13(12(3)16)15-5-2/h13,15H,4-11H2,1-3H3/t13-/m0/s1. The molecule has 0 radical (unpaired) electrons. The van der Waals surface area contributed by atoms with E-state index < -0.39 is 6.04 Å². The SMILES string of the molecule is CCCCCCCOC(=O)C[C@H](NCC)C(C)=O. The van der Waals surface area contributed by atoms with E-state index in [0.717, 1.165) is 12.8 Å². The lowest BCUT2D eigenvalue weighted by atomic mass is 10.1. The van der Waals surface area contributed by atoms with E-state index in [4.69, 9.17) is 4.74 Å². The Bertz CT molecular complexity index is 241. The number of hydrogen-bond donors (Lipinski definition) is 1. The summed E-state index contributed by atoms with van der Waals surface area (Å²) in [7, 11) is 0. The molecule has 1 N–H and O–H groups in total. The van der Waals surface area contributed by atoms with Crippen LogP contribution in [0, 0.1) is 0 Å². The van der Waals surface area contributed by atoms with E-state index in [2.05, 4.69) is 12.2 Å². The van der Waals surface area contributed by atoms with Gasteiger partial charge in [-0.25, -0.2) is 0 Å². The summed E-state index contributed by atoms with van der Waals surface area (Å²) in [5.74, 6) is -0.302. The lowest BCUT2D eigenvalue weighted by Gasteiger charge is -2.13. The zero-order valence-electron chi connectivity index (χ0n) is 12.0. The molecule has 0 aromatic rings. The molecule has 0 unspecified atom stereocenters. The fraction of sp³-hybridized carbons (Fsp3) is 0.857. The van der Waals surface area contributed by atoms with Crippen LogP contribution in [-0.2, 0) is 14.3 Å². The second-order valence-corrected chi connectivity index (χ2v) is 4.56. The highest BCUT2D eigenvalue weighted by Gasteiger charge is 2.17. The summed E-state index contributed by atoms with van der Waals surface area (Å²) in [4.78, 5) is 22.8. The molecular weight excluding hydrogens is 230 g/mol. The Hall–Kier alpha value is -0.900. The zero-order valence-corrected chi connectivity index (χ0v) is 12.0. The number of Topliss-reactive ketones (excluding diaryl/α,β-unsaturated/α-hetero) is 1. The Balaban J connectivity index is 3.65. The minimum Gasteiger partial charge on any atom is -0.466 e. The molecule has 0 aromatic heterocycles. The summed E-state index contributed by atoms with van der Waals surface area (Å²) in [5.41, 5.74) is 0. The first kappa shape index (κ1) is 17.1. The van der Waals surface area contributed by atoms with Gasteiger partial charge in [0.25, 0.3) is 0 Å². The minimum atomic E-state index is -0.400. The normalized spacial score (nSPS) is 12.2. The summed E-state index contributed by atoms with van der Waals surface area (Å²) >= 11 is 0. The van der Waals surface area contributed by atoms with Gasteiger partial charge >= 0.3 is 5.97 Å². The third-order valence-electron chi connectivity index (χ3n) is 2.82. The molecule has 0 rings (SSSR count). The van der Waals surface area contributed by atoms with Crippen molar-refractivity contribution >= 4 is 11.8 Å². The lowest BCUT2D eigenvalue weighted by molar-refractivity contribution is -0.145. The van der Waals surface area contributed by atoms with Crippen molar-refractivity contribution in [2.24, 2.45) is 0 Å². The Morgan fingerprint density at radius 2 is 1.78 bits per heavy atom. The Labute approximate surface area is 110 Å². The first-order valence-electron chi connectivity index (χ1n) is 7.01. The van der Waals surface area contributed by atoms with Crippen molar-refractivity contribution in [1.82, 2.24) is 5.32 Å². The van der Waals surface area contributed by atoms with Gasteiger partial charge in [0.1, 0.15) is 5.78 Å². The van der Waals surface area contributed by atoms with Gasteiger partial charge in [-0.15, -0.1) is 0 Å². The number of unbranched alkanes of at least 4 members (excludes halogenated alkanes) is 4. The summed E-state index contributed by atoms with van der Waals surface area (Å²) in [5, 5.41) is 2.98. The van der Waals surface area contributed by atoms with Crippen LogP contribution in [0.25, 0.3) is 0 Å². The summed E-state index contributed by atoms with van der Waals surface area (Å²) in [6, 6.07) is -0.400. The molecule has 0 amide bonds. The van der Waals surface area contributed by atoms with Gasteiger partial charge in [0, 0.05) is 0 Å². The molecule has 0 aliphatic heterocycles. The van der Waals surface area contributed by atoms with Crippen LogP contribution in [0.15, 0.2) is 0 Å². The van der Waals surface area contributed by atoms with Crippen molar-refractivity contribution < 1.29 is 14.3 Å². The number of ether oxygens (including phenoxy) is 1. The van der Waals surface area contributed by atoms with Crippen molar-refractivity contribution in [2.75, 3.05) is 13.2 Å². The largest absolute Gasteiger partial charge is 0.466 e. The van der Waals surface area contributed by atoms with Gasteiger partial charge in [0.05, 0.1) is 19.1 Å². The van der Waals surface area contributed by atoms with Crippen LogP contribution in [0.4, 0.5) is 0 Å². The molecule has 0 saturated heterocycles. The number of ketones is 1. The fourth-order valence-corrected chi connectivity index (χ4v) is 1.72. The van der Waals surface area contributed by atoms with Crippen LogP contribution in [0.2, 0.25) is 0 Å². The molecule has 4 heteroatoms. The first-order valence-corrected chi connectivity index (χ1v) is 7.01. The molecule has 0 aliphatic carbocycles. The molecular formula is C14H27NO3. The molecule has 0 fully saturated rings. The monoisotopic (exact) mass is 257 g/mol. The molecule has 0 aromatic carbocycles. The number of carbonyl (C=O) groups is 2. The fourth-order valence-electron chi connectivity index (χ4n) is 1.72. The van der Waals surface area contributed by atoms with Gasteiger partial charge in [0.15, 0.2) is 0 Å². The van der Waals surface area contributed by atoms with Crippen molar-refractivity contribution in [1.29, 1.82) is 0 Å². The van der Waals surface area contributed by atoms with E-state index in [9.17, 15) is 9.59 Å². The number of hydrogen-bond acceptors (Lipinski definition) is 4. The van der Waals surface area contributed by atoms with E-state index in [-0.39, 0.29) is 18.2 Å². The maximum Gasteiger partial charge on any atom is 0.307 e. The van der Waals surface area contributed by atoms with E-state index in [1.165, 1.54) is 26.2 Å². The highest BCUT2D eigenvalue weighted by Crippen LogP contribution is 2.03. The number of carbonyl (C=O) groups excluding carboxylic acids is 2. The van der Waals surface area contributed by atoms with Gasteiger partial charge in [-0.1, -0.05) is 39.5 Å². The average Bonchev–Trinajstić information content (AvgIpc) is 2.33. The average molecular weight is 257 g/mol. The third-order valence-corrected chi connectivity index (χ3v) is 2.82. The summed E-state index contributed by atoms with van der Waals surface area (Å²) in [6.07, 6.45) is 5.80.